The van der Waals surface area contributed by atoms with Gasteiger partial charge >= 0.3 is 0 Å². The minimum absolute atomic E-state index is 0.298. The summed E-state index contributed by atoms with van der Waals surface area (Å²) in [5, 5.41) is 6.32. The molecule has 0 radical (unpaired) electrons. The lowest BCUT2D eigenvalue weighted by Crippen LogP contribution is -2.30. The molecule has 0 unspecified atom stereocenters. The lowest BCUT2D eigenvalue weighted by atomic mass is 10.3. The largest absolute Gasteiger partial charge is 0.480 e. The van der Waals surface area contributed by atoms with Crippen molar-refractivity contribution in [2.24, 2.45) is 0 Å². The maximum Gasteiger partial charge on any atom is 0.266 e. The summed E-state index contributed by atoms with van der Waals surface area (Å²) in [4.78, 5) is 12.0. The topological polar surface area (TPSA) is 64.4 Å². The molecule has 0 spiro atoms. The van der Waals surface area contributed by atoms with Crippen LogP contribution in [0, 0.1) is 6.92 Å². The van der Waals surface area contributed by atoms with E-state index in [-0.39, 0.29) is 5.91 Å². The highest BCUT2D eigenvalue weighted by atomic mass is 79.9. The molecule has 1 aromatic heterocycles. The Labute approximate surface area is 132 Å². The van der Waals surface area contributed by atoms with Gasteiger partial charge in [0, 0.05) is 10.5 Å². The molecule has 5 nitrogen and oxygen atoms in total. The van der Waals surface area contributed by atoms with Gasteiger partial charge in [0.05, 0.1) is 4.47 Å². The molecule has 2 rings (SSSR count). The van der Waals surface area contributed by atoms with Gasteiger partial charge in [-0.3, -0.25) is 4.79 Å². The van der Waals surface area contributed by atoms with Gasteiger partial charge in [0.1, 0.15) is 11.5 Å². The maximum absolute atomic E-state index is 12.0. The third kappa shape index (κ3) is 3.83. The van der Waals surface area contributed by atoms with Crippen LogP contribution < -0.4 is 10.1 Å². The van der Waals surface area contributed by atoms with E-state index in [0.29, 0.717) is 17.3 Å². The standard InChI is InChI=1S/C13H12Br2N2O3/c1-7-5-12(17-20-7)16-13(18)8(2)19-11-4-3-9(14)6-10(11)15/h3-6,8H,1-2H3,(H,16,17,18)/t8-/m0/s1. The van der Waals surface area contributed by atoms with Crippen LogP contribution >= 0.6 is 31.9 Å². The van der Waals surface area contributed by atoms with E-state index in [0.717, 1.165) is 8.95 Å². The summed E-state index contributed by atoms with van der Waals surface area (Å²) < 4.78 is 12.2. The zero-order chi connectivity index (χ0) is 14.7. The molecule has 0 saturated carbocycles. The van der Waals surface area contributed by atoms with Crippen LogP contribution in [0.1, 0.15) is 12.7 Å². The number of carbonyl (C=O) groups excluding carboxylic acids is 1. The molecule has 0 saturated heterocycles. The normalized spacial score (nSPS) is 12.0. The Kier molecular flexibility index (Phi) is 4.82. The zero-order valence-electron chi connectivity index (χ0n) is 10.8. The fraction of sp³-hybridized carbons (Fsp3) is 0.231. The molecule has 7 heteroatoms. The third-order valence-electron chi connectivity index (χ3n) is 2.45. The van der Waals surface area contributed by atoms with Crippen molar-refractivity contribution in [2.45, 2.75) is 20.0 Å². The number of nitrogens with one attached hydrogen (secondary N) is 1. The van der Waals surface area contributed by atoms with E-state index >= 15 is 0 Å². The predicted octanol–water partition coefficient (Wildman–Crippen LogP) is 3.91. The average molecular weight is 404 g/mol. The number of amides is 1. The summed E-state index contributed by atoms with van der Waals surface area (Å²) in [6.45, 7) is 3.41. The molecular weight excluding hydrogens is 392 g/mol. The van der Waals surface area contributed by atoms with E-state index in [1.807, 2.05) is 12.1 Å². The van der Waals surface area contributed by atoms with E-state index in [2.05, 4.69) is 42.3 Å². The number of nitrogens with zero attached hydrogens (tertiary/aromatic N) is 1. The fourth-order valence-electron chi connectivity index (χ4n) is 1.47. The van der Waals surface area contributed by atoms with Crippen LogP contribution in [0.4, 0.5) is 5.82 Å². The Morgan fingerprint density at radius 2 is 2.15 bits per heavy atom. The van der Waals surface area contributed by atoms with Gasteiger partial charge in [0.25, 0.3) is 5.91 Å². The zero-order valence-corrected chi connectivity index (χ0v) is 14.0. The lowest BCUT2D eigenvalue weighted by Gasteiger charge is -2.14. The van der Waals surface area contributed by atoms with E-state index in [9.17, 15) is 4.79 Å². The SMILES string of the molecule is Cc1cc(NC(=O)[C@H](C)Oc2ccc(Br)cc2Br)no1. The first-order valence-electron chi connectivity index (χ1n) is 5.81. The van der Waals surface area contributed by atoms with Gasteiger partial charge < -0.3 is 14.6 Å². The predicted molar refractivity (Wildman–Crippen MR) is 81.8 cm³/mol. The van der Waals surface area contributed by atoms with E-state index in [1.54, 1.807) is 26.0 Å². The monoisotopic (exact) mass is 402 g/mol. The second-order valence-electron chi connectivity index (χ2n) is 4.15. The number of aryl methyl sites for hydroxylation is 1. The van der Waals surface area contributed by atoms with Crippen molar-refractivity contribution >= 4 is 43.6 Å². The fourth-order valence-corrected chi connectivity index (χ4v) is 2.61. The summed E-state index contributed by atoms with van der Waals surface area (Å²) in [6, 6.07) is 7.10. The summed E-state index contributed by atoms with van der Waals surface area (Å²) >= 11 is 6.74. The first-order chi connectivity index (χ1) is 9.45. The van der Waals surface area contributed by atoms with Crippen molar-refractivity contribution < 1.29 is 14.1 Å². The number of anilines is 1. The third-order valence-corrected chi connectivity index (χ3v) is 3.56. The van der Waals surface area contributed by atoms with Crippen molar-refractivity contribution in [1.29, 1.82) is 0 Å². The van der Waals surface area contributed by atoms with Crippen molar-refractivity contribution in [3.63, 3.8) is 0 Å². The van der Waals surface area contributed by atoms with Crippen LogP contribution in [0.5, 0.6) is 5.75 Å². The highest BCUT2D eigenvalue weighted by Gasteiger charge is 2.17. The van der Waals surface area contributed by atoms with Gasteiger partial charge in [0.15, 0.2) is 11.9 Å². The molecule has 20 heavy (non-hydrogen) atoms. The number of aromatic nitrogens is 1. The molecule has 0 aliphatic heterocycles. The summed E-state index contributed by atoms with van der Waals surface area (Å²) in [6.07, 6.45) is -0.663. The Morgan fingerprint density at radius 1 is 1.40 bits per heavy atom. The molecule has 2 aromatic rings. The van der Waals surface area contributed by atoms with Crippen molar-refractivity contribution in [3.05, 3.63) is 39.0 Å². The highest BCUT2D eigenvalue weighted by molar-refractivity contribution is 9.11. The Bertz CT molecular complexity index is 628. The van der Waals surface area contributed by atoms with Gasteiger partial charge in [-0.15, -0.1) is 0 Å². The lowest BCUT2D eigenvalue weighted by molar-refractivity contribution is -0.122. The average Bonchev–Trinajstić information content (AvgIpc) is 2.78. The molecule has 0 aliphatic carbocycles. The maximum atomic E-state index is 12.0. The number of carbonyl (C=O) groups is 1. The second kappa shape index (κ2) is 6.41. The Morgan fingerprint density at radius 3 is 2.75 bits per heavy atom. The number of rotatable bonds is 4. The van der Waals surface area contributed by atoms with Gasteiger partial charge in [-0.25, -0.2) is 0 Å². The molecular formula is C13H12Br2N2O3. The molecule has 1 amide bonds. The molecule has 106 valence electrons. The molecule has 0 aliphatic rings. The number of hydrogen-bond acceptors (Lipinski definition) is 4. The van der Waals surface area contributed by atoms with Crippen LogP contribution in [-0.4, -0.2) is 17.2 Å². The van der Waals surface area contributed by atoms with E-state index in [4.69, 9.17) is 9.26 Å². The number of ether oxygens (including phenoxy) is 1. The van der Waals surface area contributed by atoms with Crippen molar-refractivity contribution in [2.75, 3.05) is 5.32 Å². The summed E-state index contributed by atoms with van der Waals surface area (Å²) in [5.41, 5.74) is 0. The minimum atomic E-state index is -0.663. The minimum Gasteiger partial charge on any atom is -0.480 e. The summed E-state index contributed by atoms with van der Waals surface area (Å²) in [7, 11) is 0. The molecule has 1 heterocycles. The highest BCUT2D eigenvalue weighted by Crippen LogP contribution is 2.29. The van der Waals surface area contributed by atoms with Gasteiger partial charge in [0.2, 0.25) is 0 Å². The summed E-state index contributed by atoms with van der Waals surface area (Å²) in [5.74, 6) is 1.29. The Balaban J connectivity index is 2.00. The number of hydrogen-bond donors (Lipinski definition) is 1. The first-order valence-corrected chi connectivity index (χ1v) is 7.40. The van der Waals surface area contributed by atoms with Crippen LogP contribution in [0.3, 0.4) is 0 Å². The molecule has 0 fully saturated rings. The van der Waals surface area contributed by atoms with Gasteiger partial charge in [-0.1, -0.05) is 21.1 Å². The quantitative estimate of drug-likeness (QED) is 0.840. The molecule has 1 N–H and O–H groups in total. The van der Waals surface area contributed by atoms with Crippen LogP contribution in [0.25, 0.3) is 0 Å². The first kappa shape index (κ1) is 15.1. The number of benzene rings is 1. The second-order valence-corrected chi connectivity index (χ2v) is 5.92. The molecule has 0 bridgehead atoms. The van der Waals surface area contributed by atoms with E-state index in [1.165, 1.54) is 0 Å². The van der Waals surface area contributed by atoms with Crippen molar-refractivity contribution in [3.8, 4) is 5.75 Å². The Hall–Kier alpha value is -1.34. The van der Waals surface area contributed by atoms with E-state index < -0.39 is 6.10 Å². The van der Waals surface area contributed by atoms with Gasteiger partial charge in [-0.2, -0.15) is 0 Å². The van der Waals surface area contributed by atoms with Crippen LogP contribution in [0.15, 0.2) is 37.7 Å². The smallest absolute Gasteiger partial charge is 0.266 e. The van der Waals surface area contributed by atoms with Gasteiger partial charge in [-0.05, 0) is 48.0 Å². The molecule has 1 atom stereocenters. The molecule has 1 aromatic carbocycles. The van der Waals surface area contributed by atoms with Crippen LogP contribution in [0.2, 0.25) is 0 Å². The number of halogens is 2. The van der Waals surface area contributed by atoms with Crippen LogP contribution in [-0.2, 0) is 4.79 Å². The van der Waals surface area contributed by atoms with Crippen molar-refractivity contribution in [1.82, 2.24) is 5.16 Å².